The summed E-state index contributed by atoms with van der Waals surface area (Å²) >= 11 is 0. The van der Waals surface area contributed by atoms with Crippen LogP contribution in [0.2, 0.25) is 0 Å². The van der Waals surface area contributed by atoms with Gasteiger partial charge in [-0.2, -0.15) is 0 Å². The third-order valence-electron chi connectivity index (χ3n) is 4.57. The fourth-order valence-corrected chi connectivity index (χ4v) is 3.09. The van der Waals surface area contributed by atoms with Gasteiger partial charge in [0.15, 0.2) is 0 Å². The molecule has 0 spiro atoms. The van der Waals surface area contributed by atoms with Gasteiger partial charge in [0.1, 0.15) is 18.0 Å². The molecule has 1 aromatic carbocycles. The van der Waals surface area contributed by atoms with Gasteiger partial charge in [0.25, 0.3) is 5.91 Å². The van der Waals surface area contributed by atoms with Gasteiger partial charge >= 0.3 is 0 Å². The lowest BCUT2D eigenvalue weighted by molar-refractivity contribution is 0.0952. The van der Waals surface area contributed by atoms with Gasteiger partial charge in [0.05, 0.1) is 12.0 Å². The number of pyridine rings is 1. The highest BCUT2D eigenvalue weighted by molar-refractivity contribution is 5.94. The number of imidazole rings is 2. The Labute approximate surface area is 169 Å². The molecule has 4 aromatic rings. The van der Waals surface area contributed by atoms with Crippen molar-refractivity contribution in [2.45, 2.75) is 26.5 Å². The van der Waals surface area contributed by atoms with Crippen molar-refractivity contribution < 1.29 is 9.53 Å². The largest absolute Gasteiger partial charge is 0.487 e. The summed E-state index contributed by atoms with van der Waals surface area (Å²) in [5.41, 5.74) is 3.48. The molecule has 0 bridgehead atoms. The fourth-order valence-electron chi connectivity index (χ4n) is 3.09. The summed E-state index contributed by atoms with van der Waals surface area (Å²) in [6.07, 6.45) is 10.3. The van der Waals surface area contributed by atoms with Gasteiger partial charge in [-0.25, -0.2) is 9.97 Å². The van der Waals surface area contributed by atoms with Crippen LogP contribution in [0.15, 0.2) is 67.5 Å². The Bertz CT molecular complexity index is 1100. The summed E-state index contributed by atoms with van der Waals surface area (Å²) < 4.78 is 9.83. The molecular weight excluding hydrogens is 366 g/mol. The summed E-state index contributed by atoms with van der Waals surface area (Å²) in [5, 5.41) is 2.94. The molecule has 1 amide bonds. The SMILES string of the molecule is Cc1ccc2nc(COc3cccc(C(=O)NCCCn4ccnc4)c3)cn2c1. The van der Waals surface area contributed by atoms with Crippen molar-refractivity contribution in [3.8, 4) is 5.75 Å². The minimum Gasteiger partial charge on any atom is -0.487 e. The number of hydrogen-bond acceptors (Lipinski definition) is 4. The molecule has 0 atom stereocenters. The first-order valence-electron chi connectivity index (χ1n) is 9.58. The van der Waals surface area contributed by atoms with Crippen LogP contribution in [0.4, 0.5) is 0 Å². The van der Waals surface area contributed by atoms with Crippen LogP contribution in [0.3, 0.4) is 0 Å². The lowest BCUT2D eigenvalue weighted by Gasteiger charge is -2.08. The van der Waals surface area contributed by atoms with Gasteiger partial charge in [-0.1, -0.05) is 12.1 Å². The number of fused-ring (bicyclic) bond motifs is 1. The maximum Gasteiger partial charge on any atom is 0.251 e. The van der Waals surface area contributed by atoms with Crippen molar-refractivity contribution in [3.63, 3.8) is 0 Å². The molecule has 0 saturated heterocycles. The van der Waals surface area contributed by atoms with Crippen molar-refractivity contribution in [1.29, 1.82) is 0 Å². The lowest BCUT2D eigenvalue weighted by atomic mass is 10.2. The van der Waals surface area contributed by atoms with Crippen LogP contribution in [-0.4, -0.2) is 31.4 Å². The van der Waals surface area contributed by atoms with Crippen LogP contribution >= 0.6 is 0 Å². The molecule has 29 heavy (non-hydrogen) atoms. The molecule has 0 saturated carbocycles. The monoisotopic (exact) mass is 389 g/mol. The van der Waals surface area contributed by atoms with Gasteiger partial charge < -0.3 is 19.0 Å². The van der Waals surface area contributed by atoms with E-state index in [1.807, 2.05) is 58.7 Å². The average molecular weight is 389 g/mol. The van der Waals surface area contributed by atoms with Crippen LogP contribution in [0.5, 0.6) is 5.75 Å². The highest BCUT2D eigenvalue weighted by atomic mass is 16.5. The third-order valence-corrected chi connectivity index (χ3v) is 4.57. The van der Waals surface area contributed by atoms with Crippen molar-refractivity contribution in [2.75, 3.05) is 6.54 Å². The van der Waals surface area contributed by atoms with Crippen LogP contribution in [0.25, 0.3) is 5.65 Å². The second kappa shape index (κ2) is 8.60. The Morgan fingerprint density at radius 3 is 3.00 bits per heavy atom. The Kier molecular flexibility index (Phi) is 5.56. The number of rotatable bonds is 8. The molecule has 7 heteroatoms. The molecule has 3 heterocycles. The van der Waals surface area contributed by atoms with E-state index in [1.54, 1.807) is 24.7 Å². The number of hydrogen-bond donors (Lipinski definition) is 1. The number of amides is 1. The average Bonchev–Trinajstić information content (AvgIpc) is 3.39. The topological polar surface area (TPSA) is 73.4 Å². The normalized spacial score (nSPS) is 10.9. The van der Waals surface area contributed by atoms with Crippen LogP contribution in [0.1, 0.15) is 28.0 Å². The molecule has 3 aromatic heterocycles. The van der Waals surface area contributed by atoms with Crippen molar-refractivity contribution in [2.24, 2.45) is 0 Å². The Balaban J connectivity index is 1.30. The van der Waals surface area contributed by atoms with E-state index >= 15 is 0 Å². The van der Waals surface area contributed by atoms with E-state index in [0.29, 0.717) is 24.5 Å². The van der Waals surface area contributed by atoms with Gasteiger partial charge in [-0.15, -0.1) is 0 Å². The fraction of sp³-hybridized carbons (Fsp3) is 0.227. The Morgan fingerprint density at radius 1 is 1.21 bits per heavy atom. The van der Waals surface area contributed by atoms with E-state index in [4.69, 9.17) is 4.74 Å². The summed E-state index contributed by atoms with van der Waals surface area (Å²) in [6, 6.07) is 11.2. The van der Waals surface area contributed by atoms with E-state index in [0.717, 1.165) is 24.3 Å². The maximum absolute atomic E-state index is 12.4. The molecule has 0 fully saturated rings. The number of carbonyl (C=O) groups excluding carboxylic acids is 1. The molecule has 0 aliphatic heterocycles. The van der Waals surface area contributed by atoms with Gasteiger partial charge in [0.2, 0.25) is 0 Å². The summed E-state index contributed by atoms with van der Waals surface area (Å²) in [6.45, 7) is 3.81. The third kappa shape index (κ3) is 4.82. The molecule has 0 aliphatic rings. The highest BCUT2D eigenvalue weighted by Gasteiger charge is 2.08. The minimum atomic E-state index is -0.107. The van der Waals surface area contributed by atoms with Crippen molar-refractivity contribution in [1.82, 2.24) is 24.3 Å². The quantitative estimate of drug-likeness (QED) is 0.470. The van der Waals surface area contributed by atoms with Crippen LogP contribution in [-0.2, 0) is 13.2 Å². The number of benzene rings is 1. The zero-order valence-electron chi connectivity index (χ0n) is 16.3. The van der Waals surface area contributed by atoms with E-state index in [1.165, 1.54) is 5.56 Å². The van der Waals surface area contributed by atoms with Crippen LogP contribution in [0, 0.1) is 6.92 Å². The molecule has 7 nitrogen and oxygen atoms in total. The lowest BCUT2D eigenvalue weighted by Crippen LogP contribution is -2.25. The van der Waals surface area contributed by atoms with Gasteiger partial charge in [-0.3, -0.25) is 4.79 Å². The van der Waals surface area contributed by atoms with Gasteiger partial charge in [0, 0.05) is 43.4 Å². The second-order valence-electron chi connectivity index (χ2n) is 6.93. The molecule has 4 rings (SSSR count). The summed E-state index contributed by atoms with van der Waals surface area (Å²) in [4.78, 5) is 20.9. The number of nitrogens with zero attached hydrogens (tertiary/aromatic N) is 4. The zero-order valence-corrected chi connectivity index (χ0v) is 16.3. The molecule has 148 valence electrons. The first-order chi connectivity index (χ1) is 14.2. The van der Waals surface area contributed by atoms with E-state index in [2.05, 4.69) is 15.3 Å². The van der Waals surface area contributed by atoms with Crippen molar-refractivity contribution in [3.05, 3.63) is 84.3 Å². The maximum atomic E-state index is 12.4. The molecule has 0 radical (unpaired) electrons. The molecule has 0 unspecified atom stereocenters. The molecule has 0 aliphatic carbocycles. The van der Waals surface area contributed by atoms with Crippen LogP contribution < -0.4 is 10.1 Å². The van der Waals surface area contributed by atoms with E-state index in [9.17, 15) is 4.79 Å². The highest BCUT2D eigenvalue weighted by Crippen LogP contribution is 2.16. The smallest absolute Gasteiger partial charge is 0.251 e. The van der Waals surface area contributed by atoms with E-state index in [-0.39, 0.29) is 5.91 Å². The first kappa shape index (κ1) is 18.7. The Hall–Kier alpha value is -3.61. The number of ether oxygens (including phenoxy) is 1. The standard InChI is InChI=1S/C22H23N5O2/c1-17-6-7-21-25-19(14-27(21)13-17)15-29-20-5-2-4-18(12-20)22(28)24-8-3-10-26-11-9-23-16-26/h2,4-7,9,11-14,16H,3,8,10,15H2,1H3,(H,24,28). The molecule has 1 N–H and O–H groups in total. The number of aryl methyl sites for hydroxylation is 2. The zero-order chi connectivity index (χ0) is 20.1. The second-order valence-corrected chi connectivity index (χ2v) is 6.93. The summed E-state index contributed by atoms with van der Waals surface area (Å²) in [7, 11) is 0. The summed E-state index contributed by atoms with van der Waals surface area (Å²) in [5.74, 6) is 0.536. The van der Waals surface area contributed by atoms with Crippen molar-refractivity contribution >= 4 is 11.6 Å². The minimum absolute atomic E-state index is 0.107. The van der Waals surface area contributed by atoms with Gasteiger partial charge in [-0.05, 0) is 43.2 Å². The Morgan fingerprint density at radius 2 is 2.14 bits per heavy atom. The predicted octanol–water partition coefficient (Wildman–Crippen LogP) is 3.24. The number of nitrogens with one attached hydrogen (secondary N) is 1. The number of aromatic nitrogens is 4. The first-order valence-corrected chi connectivity index (χ1v) is 9.58. The predicted molar refractivity (Wildman–Crippen MR) is 110 cm³/mol. The van der Waals surface area contributed by atoms with E-state index < -0.39 is 0 Å². The molecular formula is C22H23N5O2. The number of carbonyl (C=O) groups is 1.